The van der Waals surface area contributed by atoms with Crippen molar-refractivity contribution in [2.75, 3.05) is 6.54 Å². The van der Waals surface area contributed by atoms with Crippen molar-refractivity contribution < 1.29 is 4.79 Å². The minimum absolute atomic E-state index is 0.140. The van der Waals surface area contributed by atoms with Gasteiger partial charge in [-0.2, -0.15) is 0 Å². The Labute approximate surface area is 114 Å². The summed E-state index contributed by atoms with van der Waals surface area (Å²) in [6.07, 6.45) is 1.53. The van der Waals surface area contributed by atoms with Crippen LogP contribution in [0.4, 0.5) is 0 Å². The van der Waals surface area contributed by atoms with E-state index in [9.17, 15) is 4.79 Å². The molecule has 2 atom stereocenters. The number of rotatable bonds is 4. The second-order valence-electron chi connectivity index (χ2n) is 4.21. The van der Waals surface area contributed by atoms with Crippen molar-refractivity contribution in [1.29, 1.82) is 0 Å². The van der Waals surface area contributed by atoms with Crippen molar-refractivity contribution in [2.45, 2.75) is 31.8 Å². The summed E-state index contributed by atoms with van der Waals surface area (Å²) in [7, 11) is 0. The zero-order chi connectivity index (χ0) is 12.4. The minimum atomic E-state index is 0.140. The SMILES string of the molecule is CC(NCC1CCC(=O)N1)c1cc(Cl)sc1Cl. The molecule has 0 aliphatic carbocycles. The van der Waals surface area contributed by atoms with E-state index in [4.69, 9.17) is 23.2 Å². The van der Waals surface area contributed by atoms with Gasteiger partial charge < -0.3 is 10.6 Å². The monoisotopic (exact) mass is 292 g/mol. The zero-order valence-electron chi connectivity index (χ0n) is 9.43. The molecule has 2 N–H and O–H groups in total. The molecule has 1 aromatic heterocycles. The Bertz CT molecular complexity index is 422. The van der Waals surface area contributed by atoms with Gasteiger partial charge in [0.1, 0.15) is 0 Å². The summed E-state index contributed by atoms with van der Waals surface area (Å²) in [5.41, 5.74) is 1.02. The van der Waals surface area contributed by atoms with Crippen LogP contribution in [0.15, 0.2) is 6.07 Å². The van der Waals surface area contributed by atoms with E-state index in [-0.39, 0.29) is 18.0 Å². The molecule has 0 saturated carbocycles. The van der Waals surface area contributed by atoms with Crippen LogP contribution in [0.3, 0.4) is 0 Å². The van der Waals surface area contributed by atoms with Gasteiger partial charge in [-0.05, 0) is 25.0 Å². The average molecular weight is 293 g/mol. The van der Waals surface area contributed by atoms with Crippen molar-refractivity contribution in [3.8, 4) is 0 Å². The summed E-state index contributed by atoms with van der Waals surface area (Å²) in [5.74, 6) is 0.140. The predicted octanol–water partition coefficient (Wildman–Crippen LogP) is 2.98. The Morgan fingerprint density at radius 2 is 2.41 bits per heavy atom. The topological polar surface area (TPSA) is 41.1 Å². The molecule has 17 heavy (non-hydrogen) atoms. The van der Waals surface area contributed by atoms with Gasteiger partial charge in [0.25, 0.3) is 0 Å². The van der Waals surface area contributed by atoms with Gasteiger partial charge in [0.05, 0.1) is 8.67 Å². The first-order valence-corrected chi connectivity index (χ1v) is 7.11. The highest BCUT2D eigenvalue weighted by Gasteiger charge is 2.21. The lowest BCUT2D eigenvalue weighted by Gasteiger charge is -2.16. The maximum absolute atomic E-state index is 11.0. The summed E-state index contributed by atoms with van der Waals surface area (Å²) in [6, 6.07) is 2.26. The van der Waals surface area contributed by atoms with E-state index >= 15 is 0 Å². The van der Waals surface area contributed by atoms with Gasteiger partial charge in [0.15, 0.2) is 0 Å². The summed E-state index contributed by atoms with van der Waals surface area (Å²) in [5, 5.41) is 6.29. The predicted molar refractivity (Wildman–Crippen MR) is 71.9 cm³/mol. The molecule has 0 aromatic carbocycles. The number of carbonyl (C=O) groups is 1. The van der Waals surface area contributed by atoms with Crippen LogP contribution in [0.2, 0.25) is 8.67 Å². The molecule has 2 heterocycles. The molecule has 1 amide bonds. The summed E-state index contributed by atoms with van der Waals surface area (Å²) in [6.45, 7) is 2.80. The Hall–Kier alpha value is -0.290. The quantitative estimate of drug-likeness (QED) is 0.896. The van der Waals surface area contributed by atoms with Crippen molar-refractivity contribution in [3.05, 3.63) is 20.3 Å². The van der Waals surface area contributed by atoms with Crippen LogP contribution in [-0.4, -0.2) is 18.5 Å². The molecule has 1 saturated heterocycles. The van der Waals surface area contributed by atoms with E-state index in [1.807, 2.05) is 13.0 Å². The third-order valence-electron chi connectivity index (χ3n) is 2.90. The lowest BCUT2D eigenvalue weighted by molar-refractivity contribution is -0.119. The van der Waals surface area contributed by atoms with Gasteiger partial charge in [-0.1, -0.05) is 23.2 Å². The number of amides is 1. The normalized spacial score (nSPS) is 21.6. The van der Waals surface area contributed by atoms with Gasteiger partial charge in [0, 0.05) is 25.0 Å². The number of halogens is 2. The maximum atomic E-state index is 11.0. The zero-order valence-corrected chi connectivity index (χ0v) is 11.8. The van der Waals surface area contributed by atoms with E-state index < -0.39 is 0 Å². The van der Waals surface area contributed by atoms with Crippen LogP contribution in [0.5, 0.6) is 0 Å². The highest BCUT2D eigenvalue weighted by atomic mass is 35.5. The van der Waals surface area contributed by atoms with E-state index in [0.717, 1.165) is 22.9 Å². The Balaban J connectivity index is 1.87. The number of hydrogen-bond acceptors (Lipinski definition) is 3. The molecule has 1 fully saturated rings. The van der Waals surface area contributed by atoms with Crippen molar-refractivity contribution in [1.82, 2.24) is 10.6 Å². The largest absolute Gasteiger partial charge is 0.352 e. The number of carbonyl (C=O) groups excluding carboxylic acids is 1. The molecule has 2 rings (SSSR count). The molecular weight excluding hydrogens is 279 g/mol. The first-order chi connectivity index (χ1) is 8.06. The molecule has 0 spiro atoms. The molecule has 2 unspecified atom stereocenters. The third-order valence-corrected chi connectivity index (χ3v) is 4.42. The highest BCUT2D eigenvalue weighted by Crippen LogP contribution is 2.34. The van der Waals surface area contributed by atoms with Gasteiger partial charge in [-0.15, -0.1) is 11.3 Å². The fourth-order valence-corrected chi connectivity index (χ4v) is 3.55. The van der Waals surface area contributed by atoms with Crippen LogP contribution in [-0.2, 0) is 4.79 Å². The molecular formula is C11H14Cl2N2OS. The molecule has 1 aliphatic rings. The Kier molecular flexibility index (Phi) is 4.31. The van der Waals surface area contributed by atoms with Crippen LogP contribution in [0.25, 0.3) is 0 Å². The lowest BCUT2D eigenvalue weighted by atomic mass is 10.1. The van der Waals surface area contributed by atoms with E-state index in [1.54, 1.807) is 0 Å². The van der Waals surface area contributed by atoms with Gasteiger partial charge >= 0.3 is 0 Å². The molecule has 0 bridgehead atoms. The average Bonchev–Trinajstić information content (AvgIpc) is 2.81. The first kappa shape index (κ1) is 13.1. The standard InChI is InChI=1S/C11H14Cl2N2OS/c1-6(8-4-9(12)17-11(8)13)14-5-7-2-3-10(16)15-7/h4,6-7,14H,2-3,5H2,1H3,(H,15,16). The first-order valence-electron chi connectivity index (χ1n) is 5.53. The number of nitrogens with one attached hydrogen (secondary N) is 2. The summed E-state index contributed by atoms with van der Waals surface area (Å²) >= 11 is 13.4. The molecule has 94 valence electrons. The van der Waals surface area contributed by atoms with E-state index in [1.165, 1.54) is 11.3 Å². The van der Waals surface area contributed by atoms with Gasteiger partial charge in [0.2, 0.25) is 5.91 Å². The van der Waals surface area contributed by atoms with Crippen LogP contribution >= 0.6 is 34.5 Å². The van der Waals surface area contributed by atoms with E-state index in [2.05, 4.69) is 10.6 Å². The molecule has 0 radical (unpaired) electrons. The second-order valence-corrected chi connectivity index (χ2v) is 6.50. The number of hydrogen-bond donors (Lipinski definition) is 2. The number of thiophene rings is 1. The van der Waals surface area contributed by atoms with Gasteiger partial charge in [-0.25, -0.2) is 0 Å². The van der Waals surface area contributed by atoms with Gasteiger partial charge in [-0.3, -0.25) is 4.79 Å². The van der Waals surface area contributed by atoms with Crippen molar-refractivity contribution in [2.24, 2.45) is 0 Å². The van der Waals surface area contributed by atoms with Crippen LogP contribution < -0.4 is 10.6 Å². The molecule has 1 aliphatic heterocycles. The lowest BCUT2D eigenvalue weighted by Crippen LogP contribution is -2.36. The van der Waals surface area contributed by atoms with Crippen LogP contribution in [0.1, 0.15) is 31.4 Å². The Morgan fingerprint density at radius 3 is 2.94 bits per heavy atom. The third kappa shape index (κ3) is 3.35. The van der Waals surface area contributed by atoms with Crippen LogP contribution in [0, 0.1) is 0 Å². The smallest absolute Gasteiger partial charge is 0.220 e. The summed E-state index contributed by atoms with van der Waals surface area (Å²) < 4.78 is 1.43. The van der Waals surface area contributed by atoms with Crippen molar-refractivity contribution >= 4 is 40.4 Å². The molecule has 6 heteroatoms. The fraction of sp³-hybridized carbons (Fsp3) is 0.545. The van der Waals surface area contributed by atoms with Crippen molar-refractivity contribution in [3.63, 3.8) is 0 Å². The second kappa shape index (κ2) is 5.57. The molecule has 3 nitrogen and oxygen atoms in total. The Morgan fingerprint density at radius 1 is 1.65 bits per heavy atom. The minimum Gasteiger partial charge on any atom is -0.352 e. The summed E-state index contributed by atoms with van der Waals surface area (Å²) in [4.78, 5) is 11.0. The molecule has 1 aromatic rings. The highest BCUT2D eigenvalue weighted by molar-refractivity contribution is 7.20. The maximum Gasteiger partial charge on any atom is 0.220 e. The fourth-order valence-electron chi connectivity index (χ4n) is 1.91. The van der Waals surface area contributed by atoms with E-state index in [0.29, 0.717) is 10.8 Å².